The highest BCUT2D eigenvalue weighted by atomic mass is 127. The van der Waals surface area contributed by atoms with E-state index in [1.807, 2.05) is 0 Å². The number of nitrogens with two attached hydrogens (primary N) is 1. The highest BCUT2D eigenvalue weighted by molar-refractivity contribution is 14.0. The zero-order valence-electron chi connectivity index (χ0n) is 12.6. The van der Waals surface area contributed by atoms with Crippen molar-refractivity contribution in [3.63, 3.8) is 0 Å². The van der Waals surface area contributed by atoms with Crippen LogP contribution in [0.25, 0.3) is 0 Å². The summed E-state index contributed by atoms with van der Waals surface area (Å²) in [5.74, 6) is 1.09. The summed E-state index contributed by atoms with van der Waals surface area (Å²) in [6.45, 7) is 3.85. The van der Waals surface area contributed by atoms with E-state index in [0.717, 1.165) is 0 Å². The van der Waals surface area contributed by atoms with E-state index in [2.05, 4.69) is 22.2 Å². The highest BCUT2D eigenvalue weighted by Gasteiger charge is 2.05. The summed E-state index contributed by atoms with van der Waals surface area (Å²) in [5.41, 5.74) is 6.39. The van der Waals surface area contributed by atoms with E-state index < -0.39 is 0 Å². The fourth-order valence-corrected chi connectivity index (χ4v) is 1.50. The van der Waals surface area contributed by atoms with Gasteiger partial charge in [-0.3, -0.25) is 4.79 Å². The highest BCUT2D eigenvalue weighted by Crippen LogP contribution is 2.29. The van der Waals surface area contributed by atoms with Gasteiger partial charge < -0.3 is 25.8 Å². The van der Waals surface area contributed by atoms with Crippen molar-refractivity contribution in [2.75, 3.05) is 32.6 Å². The number of rotatable bonds is 7. The molecule has 0 fully saturated rings. The molecule has 0 spiro atoms. The number of ether oxygens (including phenoxy) is 2. The maximum Gasteiger partial charge on any atom is 0.242 e. The van der Waals surface area contributed by atoms with Crippen molar-refractivity contribution in [1.29, 1.82) is 0 Å². The maximum atomic E-state index is 11.4. The second-order valence-corrected chi connectivity index (χ2v) is 3.99. The first kappa shape index (κ1) is 20.0. The predicted molar refractivity (Wildman–Crippen MR) is 98.3 cm³/mol. The lowest BCUT2D eigenvalue weighted by Gasteiger charge is -2.10. The van der Waals surface area contributed by atoms with Crippen LogP contribution >= 0.6 is 24.0 Å². The van der Waals surface area contributed by atoms with Gasteiger partial charge in [0.05, 0.1) is 14.2 Å². The first-order chi connectivity index (χ1) is 10.1. The molecule has 1 amide bonds. The number of anilines is 1. The summed E-state index contributed by atoms with van der Waals surface area (Å²) in [7, 11) is 3.10. The monoisotopic (exact) mass is 420 g/mol. The number of methoxy groups -OCH3 is 2. The molecule has 7 nitrogen and oxygen atoms in total. The third-order valence-electron chi connectivity index (χ3n) is 2.49. The van der Waals surface area contributed by atoms with Crippen molar-refractivity contribution in [3.05, 3.63) is 30.9 Å². The molecule has 1 rings (SSSR count). The first-order valence-electron chi connectivity index (χ1n) is 6.27. The summed E-state index contributed by atoms with van der Waals surface area (Å²) >= 11 is 0. The third kappa shape index (κ3) is 6.66. The van der Waals surface area contributed by atoms with E-state index in [9.17, 15) is 4.79 Å². The lowest BCUT2D eigenvalue weighted by Crippen LogP contribution is -2.29. The number of benzene rings is 1. The molecular formula is C14H21IN4O3. The molecule has 0 radical (unpaired) electrons. The van der Waals surface area contributed by atoms with Gasteiger partial charge in [0.25, 0.3) is 0 Å². The van der Waals surface area contributed by atoms with Crippen molar-refractivity contribution in [2.45, 2.75) is 0 Å². The number of carbonyl (C=O) groups is 1. The molecule has 0 unspecified atom stereocenters. The number of hydrogen-bond donors (Lipinski definition) is 3. The van der Waals surface area contributed by atoms with Gasteiger partial charge in [-0.2, -0.15) is 0 Å². The molecule has 0 bridgehead atoms. The maximum absolute atomic E-state index is 11.4. The zero-order chi connectivity index (χ0) is 15.7. The molecular weight excluding hydrogens is 399 g/mol. The Morgan fingerprint density at radius 1 is 1.36 bits per heavy atom. The number of nitrogens with one attached hydrogen (secondary N) is 2. The number of carbonyl (C=O) groups excluding carboxylic acids is 1. The lowest BCUT2D eigenvalue weighted by atomic mass is 10.3. The average molecular weight is 420 g/mol. The van der Waals surface area contributed by atoms with Gasteiger partial charge in [-0.25, -0.2) is 4.99 Å². The van der Waals surface area contributed by atoms with Crippen LogP contribution in [0.15, 0.2) is 35.8 Å². The Morgan fingerprint density at radius 2 is 2.05 bits per heavy atom. The molecule has 4 N–H and O–H groups in total. The van der Waals surface area contributed by atoms with Crippen LogP contribution in [0.4, 0.5) is 5.69 Å². The van der Waals surface area contributed by atoms with Gasteiger partial charge in [-0.1, -0.05) is 6.08 Å². The van der Waals surface area contributed by atoms with E-state index >= 15 is 0 Å². The van der Waals surface area contributed by atoms with Crippen LogP contribution in [0.3, 0.4) is 0 Å². The molecule has 0 heterocycles. The van der Waals surface area contributed by atoms with Gasteiger partial charge in [-0.15, -0.1) is 30.6 Å². The van der Waals surface area contributed by atoms with Gasteiger partial charge in [0.2, 0.25) is 5.91 Å². The molecule has 0 aliphatic rings. The van der Waals surface area contributed by atoms with E-state index in [1.54, 1.807) is 38.5 Å². The Hall–Kier alpha value is -1.97. The van der Waals surface area contributed by atoms with Crippen molar-refractivity contribution >= 4 is 41.5 Å². The van der Waals surface area contributed by atoms with E-state index in [-0.39, 0.29) is 42.4 Å². The molecule has 122 valence electrons. The van der Waals surface area contributed by atoms with Gasteiger partial charge in [0.15, 0.2) is 17.5 Å². The molecule has 0 aromatic heterocycles. The van der Waals surface area contributed by atoms with Crippen molar-refractivity contribution in [2.24, 2.45) is 10.7 Å². The van der Waals surface area contributed by atoms with Crippen molar-refractivity contribution in [1.82, 2.24) is 5.32 Å². The fraction of sp³-hybridized carbons (Fsp3) is 0.286. The molecule has 0 aliphatic heterocycles. The fourth-order valence-electron chi connectivity index (χ4n) is 1.50. The zero-order valence-corrected chi connectivity index (χ0v) is 14.9. The topological polar surface area (TPSA) is 98.0 Å². The van der Waals surface area contributed by atoms with Crippen LogP contribution in [-0.2, 0) is 4.79 Å². The van der Waals surface area contributed by atoms with Crippen molar-refractivity contribution in [3.8, 4) is 11.5 Å². The number of nitrogens with zero attached hydrogens (tertiary/aromatic N) is 1. The molecule has 22 heavy (non-hydrogen) atoms. The largest absolute Gasteiger partial charge is 0.493 e. The first-order valence-corrected chi connectivity index (χ1v) is 6.27. The summed E-state index contributed by atoms with van der Waals surface area (Å²) in [6.07, 6.45) is 1.59. The van der Waals surface area contributed by atoms with E-state index in [1.165, 1.54) is 0 Å². The summed E-state index contributed by atoms with van der Waals surface area (Å²) in [6, 6.07) is 5.23. The van der Waals surface area contributed by atoms with Crippen LogP contribution in [0.1, 0.15) is 0 Å². The minimum absolute atomic E-state index is 0. The second kappa shape index (κ2) is 10.7. The van der Waals surface area contributed by atoms with E-state index in [4.69, 9.17) is 15.2 Å². The normalized spacial score (nSPS) is 10.2. The number of aliphatic imine (C=N–C) groups is 1. The Labute approximate surface area is 147 Å². The molecule has 8 heteroatoms. The summed E-state index contributed by atoms with van der Waals surface area (Å²) in [4.78, 5) is 15.3. The van der Waals surface area contributed by atoms with Gasteiger partial charge >= 0.3 is 0 Å². The summed E-state index contributed by atoms with van der Waals surface area (Å²) in [5, 5.41) is 5.47. The molecule has 0 aliphatic carbocycles. The number of amides is 1. The lowest BCUT2D eigenvalue weighted by molar-refractivity contribution is -0.119. The van der Waals surface area contributed by atoms with Crippen LogP contribution in [0.5, 0.6) is 11.5 Å². The molecule has 1 aromatic rings. The standard InChI is InChI=1S/C14H20N4O3.HI/c1-4-7-16-13(19)9-17-14(15)18-10-5-6-11(20-2)12(8-10)21-3;/h4-6,8H,1,7,9H2,2-3H3,(H,16,19)(H3,15,17,18);1H. The Kier molecular flexibility index (Phi) is 9.75. The van der Waals surface area contributed by atoms with Crippen LogP contribution in [0.2, 0.25) is 0 Å². The molecule has 0 saturated heterocycles. The smallest absolute Gasteiger partial charge is 0.242 e. The SMILES string of the molecule is C=CCNC(=O)CN=C(N)Nc1ccc(OC)c(OC)c1.I. The van der Waals surface area contributed by atoms with Crippen LogP contribution < -0.4 is 25.8 Å². The van der Waals surface area contributed by atoms with Crippen molar-refractivity contribution < 1.29 is 14.3 Å². The Bertz CT molecular complexity index is 535. The number of hydrogen-bond acceptors (Lipinski definition) is 4. The Balaban J connectivity index is 0.00000441. The summed E-state index contributed by atoms with van der Waals surface area (Å²) < 4.78 is 10.3. The third-order valence-corrected chi connectivity index (χ3v) is 2.49. The average Bonchev–Trinajstić information content (AvgIpc) is 2.50. The predicted octanol–water partition coefficient (Wildman–Crippen LogP) is 1.35. The van der Waals surface area contributed by atoms with Gasteiger partial charge in [-0.05, 0) is 12.1 Å². The minimum Gasteiger partial charge on any atom is -0.493 e. The minimum atomic E-state index is -0.230. The number of guanidine groups is 1. The van der Waals surface area contributed by atoms with E-state index in [0.29, 0.717) is 23.7 Å². The quantitative estimate of drug-likeness (QED) is 0.268. The number of halogens is 1. The second-order valence-electron chi connectivity index (χ2n) is 3.99. The van der Waals surface area contributed by atoms with Gasteiger partial charge in [0, 0.05) is 18.3 Å². The molecule has 0 atom stereocenters. The van der Waals surface area contributed by atoms with Gasteiger partial charge in [0.1, 0.15) is 6.54 Å². The van der Waals surface area contributed by atoms with Crippen LogP contribution in [-0.4, -0.2) is 39.2 Å². The molecule has 0 saturated carbocycles. The molecule has 1 aromatic carbocycles. The Morgan fingerprint density at radius 3 is 2.64 bits per heavy atom. The van der Waals surface area contributed by atoms with Crippen LogP contribution in [0, 0.1) is 0 Å².